The average Bonchev–Trinajstić information content (AvgIpc) is 2.72. The molecule has 30 heavy (non-hydrogen) atoms. The fourth-order valence-electron chi connectivity index (χ4n) is 4.81. The molecule has 0 spiro atoms. The van der Waals surface area contributed by atoms with Crippen molar-refractivity contribution >= 4 is 28.8 Å². The summed E-state index contributed by atoms with van der Waals surface area (Å²) in [6, 6.07) is 15.6. The van der Waals surface area contributed by atoms with Gasteiger partial charge in [0, 0.05) is 42.3 Å². The first-order valence-corrected chi connectivity index (χ1v) is 11.0. The first-order valence-electron chi connectivity index (χ1n) is 11.0. The van der Waals surface area contributed by atoms with Gasteiger partial charge in [0.1, 0.15) is 0 Å². The Morgan fingerprint density at radius 1 is 1.03 bits per heavy atom. The molecule has 4 rings (SSSR count). The van der Waals surface area contributed by atoms with E-state index < -0.39 is 0 Å². The highest BCUT2D eigenvalue weighted by Crippen LogP contribution is 2.40. The SMILES string of the molecule is CC1=CC(C)(C)N(C(C)C)c2ccc(C=Nc3ccc(N4CCOCC4)cc3)cc21. The van der Waals surface area contributed by atoms with Gasteiger partial charge in [-0.2, -0.15) is 0 Å². The standard InChI is InChI=1S/C26H33N3O/c1-19(2)29-25-11-6-21(16-24(25)20(3)17-26(29,4)5)18-27-22-7-9-23(10-8-22)28-12-14-30-15-13-28/h6-11,16-19H,12-15H2,1-5H3. The van der Waals surface area contributed by atoms with Crippen LogP contribution in [0.2, 0.25) is 0 Å². The first-order chi connectivity index (χ1) is 14.3. The fraction of sp³-hybridized carbons (Fsp3) is 0.423. The van der Waals surface area contributed by atoms with Gasteiger partial charge >= 0.3 is 0 Å². The van der Waals surface area contributed by atoms with Gasteiger partial charge in [-0.3, -0.25) is 4.99 Å². The minimum atomic E-state index is 0.0169. The minimum absolute atomic E-state index is 0.0169. The molecule has 0 bridgehead atoms. The van der Waals surface area contributed by atoms with E-state index in [9.17, 15) is 0 Å². The number of ether oxygens (including phenoxy) is 1. The van der Waals surface area contributed by atoms with Crippen molar-refractivity contribution in [2.24, 2.45) is 4.99 Å². The molecule has 0 unspecified atom stereocenters. The van der Waals surface area contributed by atoms with E-state index in [-0.39, 0.29) is 5.54 Å². The van der Waals surface area contributed by atoms with E-state index in [0.717, 1.165) is 37.6 Å². The Labute approximate surface area is 180 Å². The predicted molar refractivity (Wildman–Crippen MR) is 129 cm³/mol. The summed E-state index contributed by atoms with van der Waals surface area (Å²) >= 11 is 0. The van der Waals surface area contributed by atoms with Gasteiger partial charge in [0.05, 0.1) is 24.4 Å². The lowest BCUT2D eigenvalue weighted by atomic mass is 9.87. The Kier molecular flexibility index (Phi) is 5.70. The number of morpholine rings is 1. The van der Waals surface area contributed by atoms with Gasteiger partial charge < -0.3 is 14.5 Å². The van der Waals surface area contributed by atoms with Crippen molar-refractivity contribution in [3.8, 4) is 0 Å². The van der Waals surface area contributed by atoms with Crippen LogP contribution in [0, 0.1) is 0 Å². The van der Waals surface area contributed by atoms with E-state index >= 15 is 0 Å². The van der Waals surface area contributed by atoms with Gasteiger partial charge in [0.15, 0.2) is 0 Å². The predicted octanol–water partition coefficient (Wildman–Crippen LogP) is 5.68. The summed E-state index contributed by atoms with van der Waals surface area (Å²) in [7, 11) is 0. The maximum absolute atomic E-state index is 5.44. The maximum Gasteiger partial charge on any atom is 0.0642 e. The lowest BCUT2D eigenvalue weighted by Gasteiger charge is -2.46. The summed E-state index contributed by atoms with van der Waals surface area (Å²) in [6.07, 6.45) is 4.34. The van der Waals surface area contributed by atoms with E-state index in [4.69, 9.17) is 9.73 Å². The van der Waals surface area contributed by atoms with E-state index in [1.54, 1.807) is 0 Å². The second-order valence-corrected chi connectivity index (χ2v) is 9.10. The van der Waals surface area contributed by atoms with Crippen LogP contribution in [-0.4, -0.2) is 44.1 Å². The Morgan fingerprint density at radius 3 is 2.40 bits per heavy atom. The van der Waals surface area contributed by atoms with Crippen LogP contribution in [0.5, 0.6) is 0 Å². The van der Waals surface area contributed by atoms with E-state index in [1.807, 2.05) is 6.21 Å². The van der Waals surface area contributed by atoms with Crippen LogP contribution in [-0.2, 0) is 4.74 Å². The second kappa shape index (κ2) is 8.27. The molecule has 0 aromatic heterocycles. The molecule has 0 saturated carbocycles. The average molecular weight is 404 g/mol. The van der Waals surface area contributed by atoms with Gasteiger partial charge in [0.2, 0.25) is 0 Å². The molecule has 2 aliphatic heterocycles. The molecule has 0 N–H and O–H groups in total. The highest BCUT2D eigenvalue weighted by atomic mass is 16.5. The summed E-state index contributed by atoms with van der Waals surface area (Å²) in [5.41, 5.74) is 7.30. The zero-order valence-corrected chi connectivity index (χ0v) is 18.9. The first kappa shape index (κ1) is 20.7. The number of anilines is 2. The van der Waals surface area contributed by atoms with Gasteiger partial charge in [-0.1, -0.05) is 12.1 Å². The molecule has 4 nitrogen and oxygen atoms in total. The number of hydrogen-bond donors (Lipinski definition) is 0. The molecule has 1 saturated heterocycles. The van der Waals surface area contributed by atoms with Crippen LogP contribution < -0.4 is 9.80 Å². The van der Waals surface area contributed by atoms with Crippen LogP contribution in [0.3, 0.4) is 0 Å². The third kappa shape index (κ3) is 4.15. The molecule has 0 amide bonds. The van der Waals surface area contributed by atoms with E-state index in [1.165, 1.54) is 22.5 Å². The lowest BCUT2D eigenvalue weighted by molar-refractivity contribution is 0.122. The van der Waals surface area contributed by atoms with Crippen LogP contribution in [0.1, 0.15) is 45.7 Å². The Hall–Kier alpha value is -2.59. The summed E-state index contributed by atoms with van der Waals surface area (Å²) in [4.78, 5) is 9.58. The van der Waals surface area contributed by atoms with Crippen molar-refractivity contribution in [1.82, 2.24) is 0 Å². The number of nitrogens with zero attached hydrogens (tertiary/aromatic N) is 3. The van der Waals surface area contributed by atoms with Crippen molar-refractivity contribution in [3.05, 3.63) is 59.7 Å². The summed E-state index contributed by atoms with van der Waals surface area (Å²) in [5.74, 6) is 0. The molecule has 0 radical (unpaired) electrons. The van der Waals surface area contributed by atoms with Crippen LogP contribution >= 0.6 is 0 Å². The third-order valence-corrected chi connectivity index (χ3v) is 6.00. The Morgan fingerprint density at radius 2 is 1.73 bits per heavy atom. The minimum Gasteiger partial charge on any atom is -0.378 e. The smallest absolute Gasteiger partial charge is 0.0642 e. The lowest BCUT2D eigenvalue weighted by Crippen LogP contribution is -2.49. The van der Waals surface area contributed by atoms with Crippen LogP contribution in [0.4, 0.5) is 17.1 Å². The zero-order valence-electron chi connectivity index (χ0n) is 18.9. The van der Waals surface area contributed by atoms with Gasteiger partial charge in [-0.15, -0.1) is 0 Å². The molecule has 4 heteroatoms. The topological polar surface area (TPSA) is 28.1 Å². The molecular weight excluding hydrogens is 370 g/mol. The summed E-state index contributed by atoms with van der Waals surface area (Å²) in [6.45, 7) is 14.8. The molecule has 0 aliphatic carbocycles. The Bertz CT molecular complexity index is 951. The number of benzene rings is 2. The summed E-state index contributed by atoms with van der Waals surface area (Å²) in [5, 5.41) is 0. The summed E-state index contributed by atoms with van der Waals surface area (Å²) < 4.78 is 5.44. The van der Waals surface area contributed by atoms with Gasteiger partial charge in [0.25, 0.3) is 0 Å². The number of rotatable bonds is 4. The van der Waals surface area contributed by atoms with Gasteiger partial charge in [-0.25, -0.2) is 0 Å². The van der Waals surface area contributed by atoms with Crippen molar-refractivity contribution in [1.29, 1.82) is 0 Å². The normalized spacial score (nSPS) is 18.7. The molecular formula is C26H33N3O. The quantitative estimate of drug-likeness (QED) is 0.615. The Balaban J connectivity index is 1.54. The highest BCUT2D eigenvalue weighted by Gasteiger charge is 2.32. The van der Waals surface area contributed by atoms with Crippen molar-refractivity contribution in [2.45, 2.75) is 46.2 Å². The van der Waals surface area contributed by atoms with E-state index in [2.05, 4.69) is 93.0 Å². The van der Waals surface area contributed by atoms with Crippen LogP contribution in [0.25, 0.3) is 5.57 Å². The second-order valence-electron chi connectivity index (χ2n) is 9.10. The molecule has 0 atom stereocenters. The fourth-order valence-corrected chi connectivity index (χ4v) is 4.81. The molecule has 2 heterocycles. The third-order valence-electron chi connectivity index (χ3n) is 6.00. The molecule has 2 aromatic rings. The maximum atomic E-state index is 5.44. The molecule has 2 aromatic carbocycles. The number of aliphatic imine (C=N–C) groups is 1. The molecule has 158 valence electrons. The number of allylic oxidation sites excluding steroid dienone is 1. The van der Waals surface area contributed by atoms with Crippen molar-refractivity contribution in [3.63, 3.8) is 0 Å². The van der Waals surface area contributed by atoms with E-state index in [0.29, 0.717) is 6.04 Å². The number of fused-ring (bicyclic) bond motifs is 1. The monoisotopic (exact) mass is 403 g/mol. The number of hydrogen-bond acceptors (Lipinski definition) is 4. The molecule has 2 aliphatic rings. The molecule has 1 fully saturated rings. The van der Waals surface area contributed by atoms with Crippen LogP contribution in [0.15, 0.2) is 53.5 Å². The zero-order chi connectivity index (χ0) is 21.3. The largest absolute Gasteiger partial charge is 0.378 e. The van der Waals surface area contributed by atoms with Gasteiger partial charge in [-0.05, 0) is 82.2 Å². The highest BCUT2D eigenvalue weighted by molar-refractivity contribution is 5.89. The van der Waals surface area contributed by atoms with Crippen molar-refractivity contribution < 1.29 is 4.74 Å². The van der Waals surface area contributed by atoms with Crippen molar-refractivity contribution in [2.75, 3.05) is 36.1 Å².